The van der Waals surface area contributed by atoms with Crippen LogP contribution in [0.1, 0.15) is 32.4 Å². The van der Waals surface area contributed by atoms with Crippen molar-refractivity contribution in [2.45, 2.75) is 32.7 Å². The van der Waals surface area contributed by atoms with Crippen molar-refractivity contribution >= 4 is 39.3 Å². The van der Waals surface area contributed by atoms with Gasteiger partial charge in [-0.2, -0.15) is 0 Å². The lowest BCUT2D eigenvalue weighted by Crippen LogP contribution is -2.35. The van der Waals surface area contributed by atoms with E-state index in [0.29, 0.717) is 28.4 Å². The molecule has 6 rings (SSSR count). The van der Waals surface area contributed by atoms with Crippen molar-refractivity contribution in [3.63, 3.8) is 0 Å². The molecule has 0 atom stereocenters. The van der Waals surface area contributed by atoms with Crippen molar-refractivity contribution in [2.24, 2.45) is 0 Å². The number of oxazole rings is 1. The van der Waals surface area contributed by atoms with Gasteiger partial charge in [-0.15, -0.1) is 0 Å². The summed E-state index contributed by atoms with van der Waals surface area (Å²) in [4.78, 5) is 24.8. The van der Waals surface area contributed by atoms with Crippen molar-refractivity contribution in [1.82, 2.24) is 14.9 Å². The number of para-hydroxylation sites is 1. The summed E-state index contributed by atoms with van der Waals surface area (Å²) < 4.78 is 11.5. The Kier molecular flexibility index (Phi) is 6.96. The zero-order chi connectivity index (χ0) is 27.7. The Labute approximate surface area is 233 Å². The van der Waals surface area contributed by atoms with Crippen molar-refractivity contribution in [1.29, 1.82) is 0 Å². The molecule has 5 aromatic rings. The highest BCUT2D eigenvalue weighted by atomic mass is 16.5. The Morgan fingerprint density at radius 1 is 0.900 bits per heavy atom. The number of aromatic nitrogens is 2. The number of hydrogen-bond acceptors (Lipinski definition) is 6. The van der Waals surface area contributed by atoms with Crippen LogP contribution in [0.3, 0.4) is 0 Å². The lowest BCUT2D eigenvalue weighted by molar-refractivity contribution is 0.0336. The van der Waals surface area contributed by atoms with Crippen LogP contribution in [-0.4, -0.2) is 47.2 Å². The minimum Gasteiger partial charge on any atom is -0.438 e. The number of fused-ring (bicyclic) bond motifs is 2. The lowest BCUT2D eigenvalue weighted by Gasteiger charge is -2.26. The quantitative estimate of drug-likeness (QED) is 0.257. The van der Waals surface area contributed by atoms with E-state index in [-0.39, 0.29) is 11.4 Å². The highest BCUT2D eigenvalue weighted by molar-refractivity contribution is 6.11. The molecule has 8 heteroatoms. The average Bonchev–Trinajstić information content (AvgIpc) is 3.41. The van der Waals surface area contributed by atoms with E-state index in [0.717, 1.165) is 60.4 Å². The number of morpholine rings is 1. The third-order valence-electron chi connectivity index (χ3n) is 7.10. The van der Waals surface area contributed by atoms with E-state index in [9.17, 15) is 4.79 Å². The maximum atomic E-state index is 13.1. The zero-order valence-electron chi connectivity index (χ0n) is 23.0. The summed E-state index contributed by atoms with van der Waals surface area (Å²) in [5.41, 5.74) is 5.46. The van der Waals surface area contributed by atoms with E-state index in [4.69, 9.17) is 14.1 Å². The smallest absolute Gasteiger partial charge is 0.323 e. The van der Waals surface area contributed by atoms with E-state index in [1.807, 2.05) is 75.5 Å². The number of ether oxygens (including phenoxy) is 1. The highest BCUT2D eigenvalue weighted by Crippen LogP contribution is 2.34. The van der Waals surface area contributed by atoms with Crippen LogP contribution in [0.2, 0.25) is 0 Å². The van der Waals surface area contributed by atoms with Crippen LogP contribution in [-0.2, 0) is 16.7 Å². The Hall–Kier alpha value is -4.27. The Morgan fingerprint density at radius 2 is 1.68 bits per heavy atom. The molecule has 2 amide bonds. The summed E-state index contributed by atoms with van der Waals surface area (Å²) in [6.07, 6.45) is 1.93. The van der Waals surface area contributed by atoms with Crippen LogP contribution in [0.15, 0.2) is 77.3 Å². The Balaban J connectivity index is 1.23. The number of nitrogens with one attached hydrogen (secondary N) is 2. The van der Waals surface area contributed by atoms with Gasteiger partial charge in [0.05, 0.1) is 30.3 Å². The number of hydrogen-bond donors (Lipinski definition) is 2. The molecule has 0 spiro atoms. The molecular formula is C32H33N5O3. The molecule has 3 aromatic carbocycles. The van der Waals surface area contributed by atoms with E-state index in [2.05, 4.69) is 38.7 Å². The molecule has 1 fully saturated rings. The first-order chi connectivity index (χ1) is 19.3. The number of benzene rings is 3. The Bertz CT molecular complexity index is 1660. The molecular weight excluding hydrogens is 502 g/mol. The zero-order valence-corrected chi connectivity index (χ0v) is 23.0. The molecule has 2 N–H and O–H groups in total. The van der Waals surface area contributed by atoms with Gasteiger partial charge in [0, 0.05) is 42.2 Å². The van der Waals surface area contributed by atoms with Gasteiger partial charge in [0.2, 0.25) is 5.89 Å². The van der Waals surface area contributed by atoms with Gasteiger partial charge in [-0.1, -0.05) is 63.2 Å². The number of nitrogens with zero attached hydrogens (tertiary/aromatic N) is 3. The summed E-state index contributed by atoms with van der Waals surface area (Å²) in [5, 5.41) is 7.95. The van der Waals surface area contributed by atoms with Crippen molar-refractivity contribution in [2.75, 3.05) is 36.9 Å². The number of carbonyl (C=O) groups is 1. The van der Waals surface area contributed by atoms with Crippen molar-refractivity contribution in [3.8, 4) is 11.1 Å². The van der Waals surface area contributed by atoms with Crippen LogP contribution in [0.5, 0.6) is 0 Å². The van der Waals surface area contributed by atoms with Gasteiger partial charge in [0.25, 0.3) is 0 Å². The predicted octanol–water partition coefficient (Wildman–Crippen LogP) is 6.82. The van der Waals surface area contributed by atoms with Crippen molar-refractivity contribution in [3.05, 3.63) is 84.5 Å². The van der Waals surface area contributed by atoms with Gasteiger partial charge in [-0.3, -0.25) is 9.88 Å². The fraction of sp³-hybridized carbons (Fsp3) is 0.281. The Morgan fingerprint density at radius 3 is 2.42 bits per heavy atom. The summed E-state index contributed by atoms with van der Waals surface area (Å²) in [6.45, 7) is 10.4. The van der Waals surface area contributed by atoms with Gasteiger partial charge >= 0.3 is 6.03 Å². The van der Waals surface area contributed by atoms with Gasteiger partial charge in [0.15, 0.2) is 5.58 Å². The van der Waals surface area contributed by atoms with Crippen LogP contribution in [0, 0.1) is 0 Å². The second kappa shape index (κ2) is 10.7. The molecule has 2 aromatic heterocycles. The summed E-state index contributed by atoms with van der Waals surface area (Å²) in [6, 6.07) is 21.4. The standard InChI is InChI=1S/C32H33N5O3/c1-32(2,3)30-34-27-9-6-10-28(29(27)40-30)36-31(38)35-26-14-13-23(24-7-4-5-8-25(24)26)21-11-12-22(33-19-21)20-37-15-17-39-18-16-37/h4-14,19H,15-18,20H2,1-3H3,(H2,35,36,38). The normalized spacial score (nSPS) is 14.5. The first-order valence-corrected chi connectivity index (χ1v) is 13.6. The predicted molar refractivity (Wildman–Crippen MR) is 159 cm³/mol. The van der Waals surface area contributed by atoms with Crippen LogP contribution in [0.4, 0.5) is 16.2 Å². The summed E-state index contributed by atoms with van der Waals surface area (Å²) >= 11 is 0. The van der Waals surface area contributed by atoms with Crippen LogP contribution >= 0.6 is 0 Å². The summed E-state index contributed by atoms with van der Waals surface area (Å²) in [7, 11) is 0. The number of amides is 2. The second-order valence-corrected chi connectivity index (χ2v) is 11.1. The maximum absolute atomic E-state index is 13.1. The topological polar surface area (TPSA) is 92.5 Å². The monoisotopic (exact) mass is 535 g/mol. The first kappa shape index (κ1) is 26.0. The van der Waals surface area contributed by atoms with Gasteiger partial charge in [-0.05, 0) is 35.2 Å². The van der Waals surface area contributed by atoms with Gasteiger partial charge in [0.1, 0.15) is 5.52 Å². The molecule has 3 heterocycles. The molecule has 0 saturated carbocycles. The fourth-order valence-electron chi connectivity index (χ4n) is 4.97. The SMILES string of the molecule is CC(C)(C)c1nc2cccc(NC(=O)Nc3ccc(-c4ccc(CN5CCOCC5)nc4)c4ccccc34)c2o1. The fourth-order valence-corrected chi connectivity index (χ4v) is 4.97. The third-order valence-corrected chi connectivity index (χ3v) is 7.10. The molecule has 1 aliphatic heterocycles. The number of anilines is 2. The van der Waals surface area contributed by atoms with E-state index in [1.165, 1.54) is 0 Å². The minimum atomic E-state index is -0.353. The second-order valence-electron chi connectivity index (χ2n) is 11.1. The molecule has 1 aliphatic rings. The molecule has 0 bridgehead atoms. The molecule has 8 nitrogen and oxygen atoms in total. The van der Waals surface area contributed by atoms with Gasteiger partial charge in [-0.25, -0.2) is 9.78 Å². The number of rotatable bonds is 5. The lowest BCUT2D eigenvalue weighted by atomic mass is 9.97. The van der Waals surface area contributed by atoms with E-state index in [1.54, 1.807) is 0 Å². The largest absolute Gasteiger partial charge is 0.438 e. The molecule has 40 heavy (non-hydrogen) atoms. The van der Waals surface area contributed by atoms with Crippen LogP contribution < -0.4 is 10.6 Å². The van der Waals surface area contributed by atoms with E-state index >= 15 is 0 Å². The third kappa shape index (κ3) is 5.41. The van der Waals surface area contributed by atoms with E-state index < -0.39 is 0 Å². The molecule has 0 aliphatic carbocycles. The minimum absolute atomic E-state index is 0.238. The number of pyridine rings is 1. The number of carbonyl (C=O) groups excluding carboxylic acids is 1. The molecule has 0 radical (unpaired) electrons. The molecule has 204 valence electrons. The maximum Gasteiger partial charge on any atom is 0.323 e. The average molecular weight is 536 g/mol. The highest BCUT2D eigenvalue weighted by Gasteiger charge is 2.22. The van der Waals surface area contributed by atoms with Crippen molar-refractivity contribution < 1.29 is 13.9 Å². The molecule has 1 saturated heterocycles. The van der Waals surface area contributed by atoms with Crippen LogP contribution in [0.25, 0.3) is 33.0 Å². The number of urea groups is 1. The molecule has 0 unspecified atom stereocenters. The first-order valence-electron chi connectivity index (χ1n) is 13.6. The van der Waals surface area contributed by atoms with Gasteiger partial charge < -0.3 is 19.8 Å². The summed E-state index contributed by atoms with van der Waals surface area (Å²) in [5.74, 6) is 0.627.